The van der Waals surface area contributed by atoms with Crippen molar-refractivity contribution < 1.29 is 22.0 Å². The van der Waals surface area contributed by atoms with Crippen LogP contribution < -0.4 is 5.73 Å². The van der Waals surface area contributed by atoms with E-state index in [1.165, 1.54) is 30.5 Å². The van der Waals surface area contributed by atoms with E-state index in [1.807, 2.05) is 0 Å². The Morgan fingerprint density at radius 1 is 1.11 bits per heavy atom. The Morgan fingerprint density at radius 3 is 2.47 bits per heavy atom. The highest BCUT2D eigenvalue weighted by molar-refractivity contribution is 5.98. The fourth-order valence-electron chi connectivity index (χ4n) is 4.05. The van der Waals surface area contributed by atoms with Crippen molar-refractivity contribution >= 4 is 23.7 Å². The van der Waals surface area contributed by atoms with Crippen LogP contribution in [0.15, 0.2) is 46.4 Å². The lowest BCUT2D eigenvalue weighted by Gasteiger charge is -2.07. The molecule has 1 aliphatic carbocycles. The number of halogens is 5. The second kappa shape index (κ2) is 8.99. The number of rotatable bonds is 5. The topological polar surface area (TPSA) is 86.4 Å². The van der Waals surface area contributed by atoms with Gasteiger partial charge in [0.15, 0.2) is 11.6 Å². The third-order valence-electron chi connectivity index (χ3n) is 5.97. The van der Waals surface area contributed by atoms with Crippen LogP contribution in [0.3, 0.4) is 0 Å². The van der Waals surface area contributed by atoms with Gasteiger partial charge in [0.05, 0.1) is 17.0 Å². The zero-order chi connectivity index (χ0) is 25.6. The smallest absolute Gasteiger partial charge is 0.384 e. The van der Waals surface area contributed by atoms with Gasteiger partial charge in [0, 0.05) is 36.4 Å². The predicted molar refractivity (Wildman–Crippen MR) is 125 cm³/mol. The fraction of sp³-hybridized carbons (Fsp3) is 0.333. The highest BCUT2D eigenvalue weighted by atomic mass is 19.4. The summed E-state index contributed by atoms with van der Waals surface area (Å²) in [5.41, 5.74) is 7.08. The van der Waals surface area contributed by atoms with Crippen LogP contribution >= 0.6 is 0 Å². The average Bonchev–Trinajstić information content (AvgIpc) is 3.43. The van der Waals surface area contributed by atoms with Gasteiger partial charge >= 0.3 is 6.18 Å². The van der Waals surface area contributed by atoms with Crippen molar-refractivity contribution in [2.24, 2.45) is 21.6 Å². The molecule has 0 atom stereocenters. The number of aromatic nitrogens is 4. The summed E-state index contributed by atoms with van der Waals surface area (Å²) in [7, 11) is 0. The van der Waals surface area contributed by atoms with Crippen LogP contribution in [0.25, 0.3) is 17.1 Å². The molecule has 12 heteroatoms. The number of aliphatic imine (C=N–C) groups is 2. The lowest BCUT2D eigenvalue weighted by Crippen LogP contribution is -2.12. The van der Waals surface area contributed by atoms with Crippen molar-refractivity contribution in [1.82, 2.24) is 19.6 Å². The van der Waals surface area contributed by atoms with Gasteiger partial charge in [-0.2, -0.15) is 23.4 Å². The number of hydrogen-bond acceptors (Lipinski definition) is 5. The maximum atomic E-state index is 13.6. The number of hydrogen-bond donors (Lipinski definition) is 1. The Kier molecular flexibility index (Phi) is 5.97. The first-order chi connectivity index (χ1) is 17.1. The van der Waals surface area contributed by atoms with Gasteiger partial charge < -0.3 is 5.73 Å². The van der Waals surface area contributed by atoms with Crippen LogP contribution in [-0.4, -0.2) is 31.6 Å². The molecule has 36 heavy (non-hydrogen) atoms. The molecule has 0 radical (unpaired) electrons. The van der Waals surface area contributed by atoms with Crippen LogP contribution in [0.2, 0.25) is 0 Å². The molecule has 2 aliphatic rings. The lowest BCUT2D eigenvalue weighted by atomic mass is 10.0. The molecule has 1 aliphatic heterocycles. The normalized spacial score (nSPS) is 16.3. The number of aryl methyl sites for hydroxylation is 1. The third-order valence-corrected chi connectivity index (χ3v) is 5.97. The number of nitrogens with zero attached hydrogens (tertiary/aromatic N) is 6. The minimum absolute atomic E-state index is 0.00888. The van der Waals surface area contributed by atoms with Crippen LogP contribution in [0.4, 0.5) is 27.8 Å². The van der Waals surface area contributed by atoms with E-state index < -0.39 is 18.2 Å². The predicted octanol–water partition coefficient (Wildman–Crippen LogP) is 5.54. The van der Waals surface area contributed by atoms with Gasteiger partial charge in [-0.3, -0.25) is 0 Å². The summed E-state index contributed by atoms with van der Waals surface area (Å²) in [6, 6.07) is 6.03. The van der Waals surface area contributed by atoms with E-state index in [0.717, 1.165) is 29.7 Å². The van der Waals surface area contributed by atoms with Crippen molar-refractivity contribution in [1.29, 1.82) is 0 Å². The standard InChI is InChI=1S/C24H22F5N7/c1-13-10-18(22(25)26)36(33-13)20-11-19(30)32-23-17(8-9-31-20)21(34-35(23)12-14-2-3-14)15-4-6-16(7-5-15)24(27,28)29/h4-7,9-11,14,22H,2-3,8,12H2,1H3,(H2,30,32). The number of fused-ring (bicyclic) bond motifs is 1. The molecule has 3 heterocycles. The van der Waals surface area contributed by atoms with Crippen LogP contribution in [0.1, 0.15) is 41.8 Å². The molecule has 0 bridgehead atoms. The molecular formula is C24H22F5N7. The zero-order valence-corrected chi connectivity index (χ0v) is 19.2. The van der Waals surface area contributed by atoms with Gasteiger partial charge in [-0.15, -0.1) is 0 Å². The maximum Gasteiger partial charge on any atom is 0.416 e. The average molecular weight is 503 g/mol. The van der Waals surface area contributed by atoms with Crippen molar-refractivity contribution in [3.8, 4) is 11.3 Å². The molecule has 3 aromatic rings. The van der Waals surface area contributed by atoms with E-state index in [4.69, 9.17) is 5.73 Å². The molecule has 0 amide bonds. The summed E-state index contributed by atoms with van der Waals surface area (Å²) >= 11 is 0. The van der Waals surface area contributed by atoms with Crippen molar-refractivity contribution in [3.05, 3.63) is 58.9 Å². The Bertz CT molecular complexity index is 1370. The molecule has 2 aromatic heterocycles. The van der Waals surface area contributed by atoms with E-state index in [9.17, 15) is 22.0 Å². The first kappa shape index (κ1) is 23.9. The fourth-order valence-corrected chi connectivity index (χ4v) is 4.05. The highest BCUT2D eigenvalue weighted by Gasteiger charge is 2.31. The van der Waals surface area contributed by atoms with Gasteiger partial charge in [0.1, 0.15) is 11.5 Å². The number of benzene rings is 1. The van der Waals surface area contributed by atoms with E-state index >= 15 is 0 Å². The zero-order valence-electron chi connectivity index (χ0n) is 19.2. The largest absolute Gasteiger partial charge is 0.416 e. The molecule has 1 aromatic carbocycles. The molecule has 5 rings (SSSR count). The van der Waals surface area contributed by atoms with E-state index in [-0.39, 0.29) is 23.8 Å². The summed E-state index contributed by atoms with van der Waals surface area (Å²) in [6.45, 7) is 2.18. The quantitative estimate of drug-likeness (QED) is 0.464. The van der Waals surface area contributed by atoms with Crippen LogP contribution in [0, 0.1) is 12.8 Å². The molecule has 188 valence electrons. The first-order valence-corrected chi connectivity index (χ1v) is 11.3. The molecular weight excluding hydrogens is 481 g/mol. The summed E-state index contributed by atoms with van der Waals surface area (Å²) in [4.78, 5) is 8.87. The van der Waals surface area contributed by atoms with E-state index in [0.29, 0.717) is 40.8 Å². The maximum absolute atomic E-state index is 13.6. The SMILES string of the molecule is Cc1cc(C(F)F)n(C2=CC(N)=Nc3c(c(-c4ccc(C(F)(F)F)cc4)nn3CC3CC3)CC=N2)n1. The molecule has 1 saturated carbocycles. The summed E-state index contributed by atoms with van der Waals surface area (Å²) in [6.07, 6.45) is -2.06. The molecule has 0 spiro atoms. The van der Waals surface area contributed by atoms with Crippen molar-refractivity contribution in [2.75, 3.05) is 0 Å². The van der Waals surface area contributed by atoms with Gasteiger partial charge in [-0.05, 0) is 43.9 Å². The number of amidine groups is 1. The minimum Gasteiger partial charge on any atom is -0.384 e. The Morgan fingerprint density at radius 2 is 1.83 bits per heavy atom. The third kappa shape index (κ3) is 4.79. The molecule has 0 unspecified atom stereocenters. The van der Waals surface area contributed by atoms with Crippen LogP contribution in [0.5, 0.6) is 0 Å². The summed E-state index contributed by atoms with van der Waals surface area (Å²) in [5.74, 6) is 0.972. The van der Waals surface area contributed by atoms with E-state index in [2.05, 4.69) is 20.2 Å². The second-order valence-corrected chi connectivity index (χ2v) is 8.83. The molecule has 1 fully saturated rings. The van der Waals surface area contributed by atoms with E-state index in [1.54, 1.807) is 11.6 Å². The van der Waals surface area contributed by atoms with Crippen LogP contribution in [-0.2, 0) is 19.1 Å². The Labute approximate surface area is 202 Å². The first-order valence-electron chi connectivity index (χ1n) is 11.3. The molecule has 2 N–H and O–H groups in total. The molecule has 7 nitrogen and oxygen atoms in total. The second-order valence-electron chi connectivity index (χ2n) is 8.83. The minimum atomic E-state index is -4.45. The Hall–Kier alpha value is -3.83. The van der Waals surface area contributed by atoms with Gasteiger partial charge in [0.25, 0.3) is 6.43 Å². The lowest BCUT2D eigenvalue weighted by molar-refractivity contribution is -0.137. The number of alkyl halides is 5. The summed E-state index contributed by atoms with van der Waals surface area (Å²) in [5, 5.41) is 8.80. The Balaban J connectivity index is 1.59. The van der Waals surface area contributed by atoms with Gasteiger partial charge in [-0.1, -0.05) is 12.1 Å². The molecule has 0 saturated heterocycles. The van der Waals surface area contributed by atoms with Gasteiger partial charge in [-0.25, -0.2) is 28.1 Å². The van der Waals surface area contributed by atoms with Crippen molar-refractivity contribution in [2.45, 2.75) is 45.3 Å². The summed E-state index contributed by atoms with van der Waals surface area (Å²) < 4.78 is 69.1. The number of nitrogens with two attached hydrogens (primary N) is 1. The monoisotopic (exact) mass is 503 g/mol. The van der Waals surface area contributed by atoms with Gasteiger partial charge in [0.2, 0.25) is 0 Å². The highest BCUT2D eigenvalue weighted by Crippen LogP contribution is 2.38. The van der Waals surface area contributed by atoms with Crippen molar-refractivity contribution in [3.63, 3.8) is 0 Å².